The average Bonchev–Trinajstić information content (AvgIpc) is 3.16. The number of fused-ring (bicyclic) bond motifs is 5. The van der Waals surface area contributed by atoms with Gasteiger partial charge >= 0.3 is 0 Å². The van der Waals surface area contributed by atoms with Crippen molar-refractivity contribution in [1.82, 2.24) is 14.8 Å². The molecule has 0 aliphatic heterocycles. The highest BCUT2D eigenvalue weighted by atomic mass is 15.3. The lowest BCUT2D eigenvalue weighted by molar-refractivity contribution is 0.911. The fourth-order valence-electron chi connectivity index (χ4n) is 3.22. The molecule has 3 aromatic carbocycles. The standard InChI is InChI=1S/C19H13N3/c1-2-6-13(7-3-1)22-18-11-10-17-19(15(18)12-20-22)14-8-4-5-9-16(14)21-17/h1-12,20H. The minimum absolute atomic E-state index is 1.05. The summed E-state index contributed by atoms with van der Waals surface area (Å²) < 4.78 is 2.11. The molecule has 22 heavy (non-hydrogen) atoms. The van der Waals surface area contributed by atoms with Gasteiger partial charge in [0.1, 0.15) is 0 Å². The zero-order valence-electron chi connectivity index (χ0n) is 11.8. The van der Waals surface area contributed by atoms with Crippen LogP contribution in [0.1, 0.15) is 0 Å². The highest BCUT2D eigenvalue weighted by Crippen LogP contribution is 2.32. The molecule has 0 spiro atoms. The molecule has 0 atom stereocenters. The predicted octanol–water partition coefficient (Wildman–Crippen LogP) is 4.66. The van der Waals surface area contributed by atoms with Crippen LogP contribution < -0.4 is 0 Å². The van der Waals surface area contributed by atoms with Crippen molar-refractivity contribution in [3.63, 3.8) is 0 Å². The van der Waals surface area contributed by atoms with Gasteiger partial charge in [-0.3, -0.25) is 4.68 Å². The minimum atomic E-state index is 1.05. The van der Waals surface area contributed by atoms with E-state index in [4.69, 9.17) is 4.98 Å². The highest BCUT2D eigenvalue weighted by Gasteiger charge is 2.12. The number of para-hydroxylation sites is 2. The summed E-state index contributed by atoms with van der Waals surface area (Å²) >= 11 is 0. The van der Waals surface area contributed by atoms with E-state index in [0.717, 1.165) is 22.2 Å². The summed E-state index contributed by atoms with van der Waals surface area (Å²) in [7, 11) is 0. The second-order valence-electron chi connectivity index (χ2n) is 5.47. The topological polar surface area (TPSA) is 33.6 Å². The van der Waals surface area contributed by atoms with Crippen LogP contribution in [0.5, 0.6) is 0 Å². The van der Waals surface area contributed by atoms with Crippen molar-refractivity contribution in [3.8, 4) is 5.69 Å². The van der Waals surface area contributed by atoms with Gasteiger partial charge in [-0.1, -0.05) is 36.4 Å². The maximum absolute atomic E-state index is 4.72. The van der Waals surface area contributed by atoms with Gasteiger partial charge in [0, 0.05) is 22.4 Å². The molecule has 0 aliphatic carbocycles. The van der Waals surface area contributed by atoms with Crippen LogP contribution in [-0.2, 0) is 0 Å². The summed E-state index contributed by atoms with van der Waals surface area (Å²) in [5, 5.41) is 7.00. The molecule has 104 valence electrons. The zero-order valence-corrected chi connectivity index (χ0v) is 11.8. The summed E-state index contributed by atoms with van der Waals surface area (Å²) in [4.78, 5) is 4.72. The van der Waals surface area contributed by atoms with Gasteiger partial charge in [0.25, 0.3) is 0 Å². The van der Waals surface area contributed by atoms with Gasteiger partial charge < -0.3 is 5.10 Å². The second kappa shape index (κ2) is 4.21. The van der Waals surface area contributed by atoms with Crippen LogP contribution in [0.25, 0.3) is 38.4 Å². The Morgan fingerprint density at radius 2 is 1.55 bits per heavy atom. The van der Waals surface area contributed by atoms with Gasteiger partial charge in [0.05, 0.1) is 22.2 Å². The molecule has 5 rings (SSSR count). The molecule has 2 heterocycles. The van der Waals surface area contributed by atoms with Crippen molar-refractivity contribution in [3.05, 3.63) is 72.9 Å². The molecular weight excluding hydrogens is 270 g/mol. The normalized spacial score (nSPS) is 11.6. The molecule has 1 N–H and O–H groups in total. The molecule has 2 aromatic heterocycles. The van der Waals surface area contributed by atoms with Crippen molar-refractivity contribution in [2.24, 2.45) is 0 Å². The maximum Gasteiger partial charge on any atom is 0.0725 e. The van der Waals surface area contributed by atoms with E-state index in [-0.39, 0.29) is 0 Å². The first-order valence-electron chi connectivity index (χ1n) is 7.34. The van der Waals surface area contributed by atoms with E-state index >= 15 is 0 Å². The van der Waals surface area contributed by atoms with E-state index in [9.17, 15) is 0 Å². The lowest BCUT2D eigenvalue weighted by Crippen LogP contribution is -1.94. The summed E-state index contributed by atoms with van der Waals surface area (Å²) in [6.45, 7) is 0. The summed E-state index contributed by atoms with van der Waals surface area (Å²) in [6, 6.07) is 22.9. The smallest absolute Gasteiger partial charge is 0.0725 e. The van der Waals surface area contributed by atoms with E-state index < -0.39 is 0 Å². The van der Waals surface area contributed by atoms with Crippen molar-refractivity contribution in [2.45, 2.75) is 0 Å². The molecule has 0 saturated heterocycles. The second-order valence-corrected chi connectivity index (χ2v) is 5.47. The third kappa shape index (κ3) is 1.48. The highest BCUT2D eigenvalue weighted by molar-refractivity contribution is 6.19. The van der Waals surface area contributed by atoms with Gasteiger partial charge in [-0.2, -0.15) is 0 Å². The molecule has 5 aromatic rings. The molecule has 0 unspecified atom stereocenters. The van der Waals surface area contributed by atoms with E-state index in [1.165, 1.54) is 16.2 Å². The largest absolute Gasteiger partial charge is 0.300 e. The fraction of sp³-hybridized carbons (Fsp3) is 0. The Kier molecular flexibility index (Phi) is 2.22. The minimum Gasteiger partial charge on any atom is -0.300 e. The molecule has 0 aliphatic rings. The molecule has 0 fully saturated rings. The van der Waals surface area contributed by atoms with Crippen LogP contribution >= 0.6 is 0 Å². The van der Waals surface area contributed by atoms with Crippen LogP contribution in [0.2, 0.25) is 0 Å². The predicted molar refractivity (Wildman–Crippen MR) is 90.4 cm³/mol. The molecule has 0 saturated carbocycles. The lowest BCUT2D eigenvalue weighted by Gasteiger charge is -2.04. The third-order valence-electron chi connectivity index (χ3n) is 4.21. The first-order chi connectivity index (χ1) is 10.9. The number of nitrogens with one attached hydrogen (secondary N) is 1. The number of aromatic amines is 1. The first-order valence-corrected chi connectivity index (χ1v) is 7.34. The van der Waals surface area contributed by atoms with Gasteiger partial charge in [0.15, 0.2) is 0 Å². The van der Waals surface area contributed by atoms with E-state index in [2.05, 4.69) is 58.4 Å². The summed E-state index contributed by atoms with van der Waals surface area (Å²) in [5.41, 5.74) is 4.39. The number of hydrogen-bond acceptors (Lipinski definition) is 1. The van der Waals surface area contributed by atoms with Crippen LogP contribution in [0.15, 0.2) is 72.9 Å². The van der Waals surface area contributed by atoms with Gasteiger partial charge in [-0.25, -0.2) is 4.98 Å². The van der Waals surface area contributed by atoms with E-state index in [0.29, 0.717) is 0 Å². The van der Waals surface area contributed by atoms with Crippen molar-refractivity contribution in [1.29, 1.82) is 0 Å². The number of nitrogens with zero attached hydrogens (tertiary/aromatic N) is 2. The Morgan fingerprint density at radius 3 is 2.45 bits per heavy atom. The van der Waals surface area contributed by atoms with Crippen molar-refractivity contribution < 1.29 is 0 Å². The van der Waals surface area contributed by atoms with Gasteiger partial charge in [-0.15, -0.1) is 0 Å². The summed E-state index contributed by atoms with van der Waals surface area (Å²) in [5.74, 6) is 0. The van der Waals surface area contributed by atoms with Crippen molar-refractivity contribution >= 4 is 32.7 Å². The van der Waals surface area contributed by atoms with E-state index in [1.807, 2.05) is 24.3 Å². The fourth-order valence-corrected chi connectivity index (χ4v) is 3.22. The monoisotopic (exact) mass is 283 g/mol. The van der Waals surface area contributed by atoms with E-state index in [1.54, 1.807) is 0 Å². The SMILES string of the molecule is c1ccc(-n2[nH]cc3c4c(ccc32)nc2ccccc24)cc1. The Hall–Kier alpha value is -3.07. The van der Waals surface area contributed by atoms with Crippen LogP contribution in [0, 0.1) is 0 Å². The average molecular weight is 283 g/mol. The van der Waals surface area contributed by atoms with Gasteiger partial charge in [-0.05, 0) is 30.3 Å². The Bertz CT molecular complexity index is 1120. The molecule has 3 nitrogen and oxygen atoms in total. The Morgan fingerprint density at radius 1 is 0.727 bits per heavy atom. The number of H-pyrrole nitrogens is 1. The number of hydrogen-bond donors (Lipinski definition) is 1. The van der Waals surface area contributed by atoms with Gasteiger partial charge in [0.2, 0.25) is 0 Å². The summed E-state index contributed by atoms with van der Waals surface area (Å²) in [6.07, 6.45) is 2.07. The quantitative estimate of drug-likeness (QED) is 0.477. The molecular formula is C19H13N3. The zero-order chi connectivity index (χ0) is 14.5. The molecule has 3 heteroatoms. The Balaban J connectivity index is 1.93. The van der Waals surface area contributed by atoms with Crippen LogP contribution in [0.4, 0.5) is 0 Å². The maximum atomic E-state index is 4.72. The number of benzene rings is 3. The lowest BCUT2D eigenvalue weighted by atomic mass is 10.1. The third-order valence-corrected chi connectivity index (χ3v) is 4.21. The Labute approximate surface area is 126 Å². The number of rotatable bonds is 1. The number of aromatic nitrogens is 3. The van der Waals surface area contributed by atoms with Crippen LogP contribution in [-0.4, -0.2) is 14.8 Å². The molecule has 0 radical (unpaired) electrons. The molecule has 0 amide bonds. The van der Waals surface area contributed by atoms with Crippen molar-refractivity contribution in [2.75, 3.05) is 0 Å². The molecule has 0 bridgehead atoms. The van der Waals surface area contributed by atoms with Crippen LogP contribution in [0.3, 0.4) is 0 Å². The first kappa shape index (κ1) is 11.6.